The molecule has 0 radical (unpaired) electrons. The summed E-state index contributed by atoms with van der Waals surface area (Å²) in [6, 6.07) is 0.588. The molecule has 5 nitrogen and oxygen atoms in total. The fourth-order valence-electron chi connectivity index (χ4n) is 3.17. The molecular formula is C14H17N5. The second-order valence-corrected chi connectivity index (χ2v) is 5.40. The van der Waals surface area contributed by atoms with Gasteiger partial charge in [0.1, 0.15) is 0 Å². The maximum absolute atomic E-state index is 4.54. The maximum atomic E-state index is 4.54. The summed E-state index contributed by atoms with van der Waals surface area (Å²) in [4.78, 5) is 0. The third-order valence-electron chi connectivity index (χ3n) is 4.20. The maximum Gasteiger partial charge on any atom is 0.0885 e. The summed E-state index contributed by atoms with van der Waals surface area (Å²) in [6.45, 7) is 0.956. The molecule has 3 heterocycles. The van der Waals surface area contributed by atoms with Crippen LogP contribution in [0, 0.1) is 0 Å². The number of nitrogens with one attached hydrogen (secondary N) is 1. The predicted molar refractivity (Wildman–Crippen MR) is 73.0 cm³/mol. The topological polar surface area (TPSA) is 55.6 Å². The van der Waals surface area contributed by atoms with Gasteiger partial charge >= 0.3 is 0 Å². The van der Waals surface area contributed by atoms with Crippen LogP contribution in [0.2, 0.25) is 0 Å². The predicted octanol–water partition coefficient (Wildman–Crippen LogP) is 2.42. The first-order valence-electron chi connectivity index (χ1n) is 7.05. The molecule has 0 aromatic carbocycles. The zero-order valence-electron chi connectivity index (χ0n) is 10.8. The summed E-state index contributed by atoms with van der Waals surface area (Å²) in [5.41, 5.74) is 4.49. The van der Waals surface area contributed by atoms with Gasteiger partial charge in [-0.05, 0) is 12.8 Å². The Kier molecular flexibility index (Phi) is 2.50. The van der Waals surface area contributed by atoms with Gasteiger partial charge in [0.15, 0.2) is 0 Å². The van der Waals surface area contributed by atoms with Crippen molar-refractivity contribution in [2.45, 2.75) is 38.1 Å². The van der Waals surface area contributed by atoms with Gasteiger partial charge in [0.05, 0.1) is 29.8 Å². The van der Waals surface area contributed by atoms with Crippen LogP contribution in [0.5, 0.6) is 0 Å². The van der Waals surface area contributed by atoms with Gasteiger partial charge in [-0.3, -0.25) is 4.68 Å². The van der Waals surface area contributed by atoms with Crippen LogP contribution in [0.1, 0.15) is 37.4 Å². The molecule has 0 unspecified atom stereocenters. The monoisotopic (exact) mass is 255 g/mol. The van der Waals surface area contributed by atoms with E-state index >= 15 is 0 Å². The summed E-state index contributed by atoms with van der Waals surface area (Å²) in [6.07, 6.45) is 12.1. The zero-order chi connectivity index (χ0) is 12.7. The first kappa shape index (κ1) is 11.0. The van der Waals surface area contributed by atoms with E-state index in [4.69, 9.17) is 0 Å². The molecule has 1 aliphatic carbocycles. The Bertz CT molecular complexity index is 598. The molecule has 0 bridgehead atoms. The third kappa shape index (κ3) is 1.80. The van der Waals surface area contributed by atoms with Crippen LogP contribution in [0.25, 0.3) is 11.1 Å². The molecule has 2 aromatic rings. The minimum absolute atomic E-state index is 0.588. The Morgan fingerprint density at radius 2 is 2.11 bits per heavy atom. The highest BCUT2D eigenvalue weighted by Crippen LogP contribution is 2.34. The number of fused-ring (bicyclic) bond motifs is 1. The van der Waals surface area contributed by atoms with E-state index in [0.717, 1.165) is 35.5 Å². The lowest BCUT2D eigenvalue weighted by Crippen LogP contribution is -2.04. The van der Waals surface area contributed by atoms with Crippen LogP contribution in [0.15, 0.2) is 18.6 Å². The number of aromatic nitrogens is 4. The van der Waals surface area contributed by atoms with Crippen LogP contribution in [0.3, 0.4) is 0 Å². The third-order valence-corrected chi connectivity index (χ3v) is 4.20. The van der Waals surface area contributed by atoms with E-state index < -0.39 is 0 Å². The Morgan fingerprint density at radius 1 is 1.21 bits per heavy atom. The number of nitrogens with zero attached hydrogens (tertiary/aromatic N) is 4. The van der Waals surface area contributed by atoms with Crippen molar-refractivity contribution in [2.24, 2.45) is 0 Å². The molecular weight excluding hydrogens is 238 g/mol. The van der Waals surface area contributed by atoms with Crippen molar-refractivity contribution in [1.82, 2.24) is 20.0 Å². The quantitative estimate of drug-likeness (QED) is 0.895. The molecule has 1 fully saturated rings. The van der Waals surface area contributed by atoms with Crippen LogP contribution in [0.4, 0.5) is 5.69 Å². The Balaban J connectivity index is 1.71. The molecule has 4 rings (SSSR count). The van der Waals surface area contributed by atoms with Crippen LogP contribution >= 0.6 is 0 Å². The van der Waals surface area contributed by atoms with Gasteiger partial charge in [-0.2, -0.15) is 15.3 Å². The highest BCUT2D eigenvalue weighted by molar-refractivity contribution is 5.79. The molecule has 1 saturated carbocycles. The van der Waals surface area contributed by atoms with E-state index in [2.05, 4.69) is 31.5 Å². The average Bonchev–Trinajstić information content (AvgIpc) is 3.18. The van der Waals surface area contributed by atoms with Crippen molar-refractivity contribution in [1.29, 1.82) is 0 Å². The minimum Gasteiger partial charge on any atom is -0.383 e. The van der Waals surface area contributed by atoms with Gasteiger partial charge in [0.25, 0.3) is 0 Å². The average molecular weight is 255 g/mol. The standard InChI is InChI=1S/C14H17N5/c1-2-4-11(3-1)19-9-10(7-17-19)12-8-16-18-13-5-6-15-14(12)13/h7-9,11,15H,1-6H2. The Morgan fingerprint density at radius 3 is 3.00 bits per heavy atom. The molecule has 2 aromatic heterocycles. The van der Waals surface area contributed by atoms with E-state index in [1.54, 1.807) is 0 Å². The lowest BCUT2D eigenvalue weighted by Gasteiger charge is -2.09. The fourth-order valence-corrected chi connectivity index (χ4v) is 3.17. The number of rotatable bonds is 2. The normalized spacial score (nSPS) is 18.5. The Labute approximate surface area is 112 Å². The van der Waals surface area contributed by atoms with Crippen molar-refractivity contribution in [3.8, 4) is 11.1 Å². The summed E-state index contributed by atoms with van der Waals surface area (Å²) >= 11 is 0. The lowest BCUT2D eigenvalue weighted by molar-refractivity contribution is 0.467. The van der Waals surface area contributed by atoms with Crippen molar-refractivity contribution < 1.29 is 0 Å². The summed E-state index contributed by atoms with van der Waals surface area (Å²) in [7, 11) is 0. The molecule has 5 heteroatoms. The van der Waals surface area contributed by atoms with E-state index in [1.165, 1.54) is 25.7 Å². The molecule has 0 spiro atoms. The molecule has 1 aliphatic heterocycles. The minimum atomic E-state index is 0.588. The van der Waals surface area contributed by atoms with Crippen LogP contribution < -0.4 is 5.32 Å². The zero-order valence-corrected chi connectivity index (χ0v) is 10.8. The summed E-state index contributed by atoms with van der Waals surface area (Å²) in [5, 5.41) is 16.2. The van der Waals surface area contributed by atoms with Crippen LogP contribution in [-0.4, -0.2) is 26.5 Å². The lowest BCUT2D eigenvalue weighted by atomic mass is 10.1. The first-order chi connectivity index (χ1) is 9.42. The highest BCUT2D eigenvalue weighted by atomic mass is 15.3. The summed E-state index contributed by atoms with van der Waals surface area (Å²) < 4.78 is 2.13. The Hall–Kier alpha value is -1.91. The van der Waals surface area contributed by atoms with Crippen molar-refractivity contribution in [2.75, 3.05) is 11.9 Å². The van der Waals surface area contributed by atoms with Crippen molar-refractivity contribution in [3.63, 3.8) is 0 Å². The molecule has 19 heavy (non-hydrogen) atoms. The number of anilines is 1. The molecule has 0 saturated heterocycles. The van der Waals surface area contributed by atoms with Gasteiger partial charge < -0.3 is 5.32 Å². The molecule has 0 atom stereocenters. The van der Waals surface area contributed by atoms with Gasteiger partial charge in [-0.25, -0.2) is 0 Å². The summed E-state index contributed by atoms with van der Waals surface area (Å²) in [5.74, 6) is 0. The highest BCUT2D eigenvalue weighted by Gasteiger charge is 2.21. The van der Waals surface area contributed by atoms with E-state index in [0.29, 0.717) is 6.04 Å². The second-order valence-electron chi connectivity index (χ2n) is 5.40. The fraction of sp³-hybridized carbons (Fsp3) is 0.500. The SMILES string of the molecule is c1nn(C2CCCC2)cc1-c1cnnc2c1NCC2. The van der Waals surface area contributed by atoms with E-state index in [9.17, 15) is 0 Å². The first-order valence-corrected chi connectivity index (χ1v) is 7.05. The van der Waals surface area contributed by atoms with E-state index in [-0.39, 0.29) is 0 Å². The van der Waals surface area contributed by atoms with E-state index in [1.807, 2.05) is 12.4 Å². The molecule has 2 aliphatic rings. The smallest absolute Gasteiger partial charge is 0.0885 e. The van der Waals surface area contributed by atoms with Crippen LogP contribution in [-0.2, 0) is 6.42 Å². The molecule has 1 N–H and O–H groups in total. The van der Waals surface area contributed by atoms with Crippen molar-refractivity contribution in [3.05, 3.63) is 24.3 Å². The molecule has 0 amide bonds. The number of hydrogen-bond donors (Lipinski definition) is 1. The van der Waals surface area contributed by atoms with Gasteiger partial charge in [0, 0.05) is 30.3 Å². The van der Waals surface area contributed by atoms with Gasteiger partial charge in [0.2, 0.25) is 0 Å². The largest absolute Gasteiger partial charge is 0.383 e. The molecule has 98 valence electrons. The van der Waals surface area contributed by atoms with Gasteiger partial charge in [-0.15, -0.1) is 0 Å². The van der Waals surface area contributed by atoms with Gasteiger partial charge in [-0.1, -0.05) is 12.8 Å². The number of hydrogen-bond acceptors (Lipinski definition) is 4. The van der Waals surface area contributed by atoms with Crippen molar-refractivity contribution >= 4 is 5.69 Å². The second kappa shape index (κ2) is 4.33.